The second-order valence-electron chi connectivity index (χ2n) is 5.94. The van der Waals surface area contributed by atoms with Gasteiger partial charge in [0.05, 0.1) is 0 Å². The highest BCUT2D eigenvalue weighted by atomic mass is 16.5. The highest BCUT2D eigenvalue weighted by Gasteiger charge is 2.15. The Morgan fingerprint density at radius 2 is 2.00 bits per heavy atom. The van der Waals surface area contributed by atoms with Gasteiger partial charge in [0.25, 0.3) is 0 Å². The van der Waals surface area contributed by atoms with Gasteiger partial charge in [0.1, 0.15) is 5.69 Å². The van der Waals surface area contributed by atoms with Crippen molar-refractivity contribution in [2.24, 2.45) is 5.92 Å². The van der Waals surface area contributed by atoms with E-state index >= 15 is 0 Å². The van der Waals surface area contributed by atoms with E-state index in [-0.39, 0.29) is 0 Å². The molecule has 112 valence electrons. The maximum Gasteiger partial charge on any atom is 0.225 e. The standard InChI is InChI=1S/C17H23N3O/c1-14(13-20-9-5-6-10-20)12-18-17-11-16(19-21-17)15-7-3-2-4-8-15/h2-4,7-8,11,14,18H,5-6,9-10,12-13H2,1H3. The van der Waals surface area contributed by atoms with E-state index in [0.717, 1.165) is 30.2 Å². The number of rotatable bonds is 6. The number of nitrogens with one attached hydrogen (secondary N) is 1. The largest absolute Gasteiger partial charge is 0.354 e. The molecule has 0 radical (unpaired) electrons. The van der Waals surface area contributed by atoms with Crippen molar-refractivity contribution in [3.8, 4) is 11.3 Å². The van der Waals surface area contributed by atoms with Gasteiger partial charge in [-0.25, -0.2) is 0 Å². The Labute approximate surface area is 126 Å². The monoisotopic (exact) mass is 285 g/mol. The first kappa shape index (κ1) is 14.1. The highest BCUT2D eigenvalue weighted by molar-refractivity contribution is 5.61. The fraction of sp³-hybridized carbons (Fsp3) is 0.471. The van der Waals surface area contributed by atoms with Crippen LogP contribution in [-0.2, 0) is 0 Å². The average molecular weight is 285 g/mol. The fourth-order valence-corrected chi connectivity index (χ4v) is 2.85. The summed E-state index contributed by atoms with van der Waals surface area (Å²) >= 11 is 0. The molecule has 1 aromatic carbocycles. The molecule has 0 amide bonds. The molecule has 21 heavy (non-hydrogen) atoms. The fourth-order valence-electron chi connectivity index (χ4n) is 2.85. The van der Waals surface area contributed by atoms with Crippen LogP contribution in [0, 0.1) is 5.92 Å². The Hall–Kier alpha value is -1.81. The summed E-state index contributed by atoms with van der Waals surface area (Å²) < 4.78 is 5.36. The highest BCUT2D eigenvalue weighted by Crippen LogP contribution is 2.21. The molecular weight excluding hydrogens is 262 g/mol. The van der Waals surface area contributed by atoms with Crippen LogP contribution in [0.1, 0.15) is 19.8 Å². The van der Waals surface area contributed by atoms with E-state index in [1.807, 2.05) is 36.4 Å². The summed E-state index contributed by atoms with van der Waals surface area (Å²) in [7, 11) is 0. The van der Waals surface area contributed by atoms with Crippen LogP contribution < -0.4 is 5.32 Å². The molecule has 1 unspecified atom stereocenters. The lowest BCUT2D eigenvalue weighted by molar-refractivity contribution is 0.293. The van der Waals surface area contributed by atoms with E-state index in [2.05, 4.69) is 22.3 Å². The molecule has 1 fully saturated rings. The van der Waals surface area contributed by atoms with Crippen molar-refractivity contribution < 1.29 is 4.52 Å². The van der Waals surface area contributed by atoms with Crippen LogP contribution in [0.4, 0.5) is 5.88 Å². The first-order valence-electron chi connectivity index (χ1n) is 7.79. The van der Waals surface area contributed by atoms with Crippen LogP contribution in [0.25, 0.3) is 11.3 Å². The van der Waals surface area contributed by atoms with Gasteiger partial charge in [-0.05, 0) is 31.8 Å². The first-order chi connectivity index (χ1) is 10.3. The molecule has 1 aliphatic heterocycles. The summed E-state index contributed by atoms with van der Waals surface area (Å²) in [4.78, 5) is 2.54. The molecule has 3 rings (SSSR count). The van der Waals surface area contributed by atoms with E-state index in [1.54, 1.807) is 0 Å². The molecule has 4 heteroatoms. The SMILES string of the molecule is CC(CNc1cc(-c2ccccc2)no1)CN1CCCC1. The lowest BCUT2D eigenvalue weighted by Gasteiger charge is -2.20. The summed E-state index contributed by atoms with van der Waals surface area (Å²) in [6, 6.07) is 12.1. The Kier molecular flexibility index (Phi) is 4.55. The lowest BCUT2D eigenvalue weighted by Crippen LogP contribution is -2.28. The summed E-state index contributed by atoms with van der Waals surface area (Å²) in [5.41, 5.74) is 1.96. The van der Waals surface area contributed by atoms with Crippen molar-refractivity contribution in [2.45, 2.75) is 19.8 Å². The number of hydrogen-bond donors (Lipinski definition) is 1. The van der Waals surface area contributed by atoms with Crippen LogP contribution in [0.15, 0.2) is 40.9 Å². The van der Waals surface area contributed by atoms with E-state index < -0.39 is 0 Å². The summed E-state index contributed by atoms with van der Waals surface area (Å²) in [6.07, 6.45) is 2.70. The third-order valence-corrected chi connectivity index (χ3v) is 3.97. The molecule has 2 heterocycles. The molecule has 1 aromatic heterocycles. The van der Waals surface area contributed by atoms with Gasteiger partial charge in [-0.1, -0.05) is 42.4 Å². The molecule has 4 nitrogen and oxygen atoms in total. The van der Waals surface area contributed by atoms with Gasteiger partial charge >= 0.3 is 0 Å². The zero-order valence-corrected chi connectivity index (χ0v) is 12.6. The van der Waals surface area contributed by atoms with Crippen LogP contribution in [-0.4, -0.2) is 36.2 Å². The van der Waals surface area contributed by atoms with Gasteiger partial charge in [-0.3, -0.25) is 0 Å². The normalized spacial score (nSPS) is 17.0. The minimum absolute atomic E-state index is 0.605. The van der Waals surface area contributed by atoms with Crippen LogP contribution in [0.3, 0.4) is 0 Å². The zero-order valence-electron chi connectivity index (χ0n) is 12.6. The second kappa shape index (κ2) is 6.76. The molecular formula is C17H23N3O. The van der Waals surface area contributed by atoms with Crippen molar-refractivity contribution in [3.63, 3.8) is 0 Å². The Morgan fingerprint density at radius 3 is 2.76 bits per heavy atom. The Bertz CT molecular complexity index is 546. The third kappa shape index (κ3) is 3.85. The van der Waals surface area contributed by atoms with Gasteiger partial charge in [0, 0.05) is 24.7 Å². The van der Waals surface area contributed by atoms with Crippen molar-refractivity contribution >= 4 is 5.88 Å². The van der Waals surface area contributed by atoms with Gasteiger partial charge in [-0.2, -0.15) is 0 Å². The number of nitrogens with zero attached hydrogens (tertiary/aromatic N) is 2. The van der Waals surface area contributed by atoms with Gasteiger partial charge < -0.3 is 14.7 Å². The van der Waals surface area contributed by atoms with E-state index in [0.29, 0.717) is 5.92 Å². The molecule has 0 bridgehead atoms. The average Bonchev–Trinajstić information content (AvgIpc) is 3.17. The van der Waals surface area contributed by atoms with Gasteiger partial charge in [0.15, 0.2) is 0 Å². The van der Waals surface area contributed by atoms with Crippen molar-refractivity contribution in [3.05, 3.63) is 36.4 Å². The molecule has 1 saturated heterocycles. The predicted molar refractivity (Wildman–Crippen MR) is 85.3 cm³/mol. The summed E-state index contributed by atoms with van der Waals surface area (Å²) in [5.74, 6) is 1.36. The molecule has 0 saturated carbocycles. The summed E-state index contributed by atoms with van der Waals surface area (Å²) in [5, 5.41) is 7.47. The maximum atomic E-state index is 5.36. The molecule has 0 spiro atoms. The Morgan fingerprint density at radius 1 is 1.24 bits per heavy atom. The van der Waals surface area contributed by atoms with Crippen LogP contribution in [0.5, 0.6) is 0 Å². The van der Waals surface area contributed by atoms with Crippen molar-refractivity contribution in [2.75, 3.05) is 31.5 Å². The predicted octanol–water partition coefficient (Wildman–Crippen LogP) is 3.49. The molecule has 1 atom stereocenters. The van der Waals surface area contributed by atoms with Gasteiger partial charge in [0.2, 0.25) is 5.88 Å². The first-order valence-corrected chi connectivity index (χ1v) is 7.79. The molecule has 2 aromatic rings. The number of likely N-dealkylation sites (tertiary alicyclic amines) is 1. The topological polar surface area (TPSA) is 41.3 Å². The zero-order chi connectivity index (χ0) is 14.5. The molecule has 1 N–H and O–H groups in total. The van der Waals surface area contributed by atoms with E-state index in [1.165, 1.54) is 25.9 Å². The van der Waals surface area contributed by atoms with E-state index in [4.69, 9.17) is 4.52 Å². The van der Waals surface area contributed by atoms with Crippen molar-refractivity contribution in [1.82, 2.24) is 10.1 Å². The van der Waals surface area contributed by atoms with Crippen LogP contribution in [0.2, 0.25) is 0 Å². The molecule has 1 aliphatic rings. The van der Waals surface area contributed by atoms with Crippen LogP contribution >= 0.6 is 0 Å². The Balaban J connectivity index is 1.50. The number of hydrogen-bond acceptors (Lipinski definition) is 4. The number of anilines is 1. The van der Waals surface area contributed by atoms with E-state index in [9.17, 15) is 0 Å². The lowest BCUT2D eigenvalue weighted by atomic mass is 10.1. The quantitative estimate of drug-likeness (QED) is 0.882. The third-order valence-electron chi connectivity index (χ3n) is 3.97. The minimum atomic E-state index is 0.605. The second-order valence-corrected chi connectivity index (χ2v) is 5.94. The number of benzene rings is 1. The van der Waals surface area contributed by atoms with Gasteiger partial charge in [-0.15, -0.1) is 0 Å². The summed E-state index contributed by atoms with van der Waals surface area (Å²) in [6.45, 7) is 6.86. The van der Waals surface area contributed by atoms with Crippen molar-refractivity contribution in [1.29, 1.82) is 0 Å². The molecule has 0 aliphatic carbocycles. The smallest absolute Gasteiger partial charge is 0.225 e. The maximum absolute atomic E-state index is 5.36. The minimum Gasteiger partial charge on any atom is -0.354 e. The number of aromatic nitrogens is 1.